The first kappa shape index (κ1) is 14.1. The van der Waals surface area contributed by atoms with Crippen molar-refractivity contribution in [3.63, 3.8) is 0 Å². The molecule has 104 valence electrons. The van der Waals surface area contributed by atoms with E-state index in [1.165, 1.54) is 0 Å². The van der Waals surface area contributed by atoms with Gasteiger partial charge < -0.3 is 10.4 Å². The van der Waals surface area contributed by atoms with Gasteiger partial charge in [-0.25, -0.2) is 0 Å². The highest BCUT2D eigenvalue weighted by molar-refractivity contribution is 5.93. The first-order valence-electron chi connectivity index (χ1n) is 7.03. The molecule has 1 aromatic carbocycles. The van der Waals surface area contributed by atoms with Gasteiger partial charge in [0.25, 0.3) is 0 Å². The fraction of sp³-hybridized carbons (Fsp3) is 0.562. The van der Waals surface area contributed by atoms with Crippen LogP contribution in [0.5, 0.6) is 0 Å². The summed E-state index contributed by atoms with van der Waals surface area (Å²) in [4.78, 5) is 12.3. The van der Waals surface area contributed by atoms with E-state index in [1.54, 1.807) is 0 Å². The minimum absolute atomic E-state index is 0.112. The molecule has 1 saturated carbocycles. The Labute approximate surface area is 115 Å². The van der Waals surface area contributed by atoms with Gasteiger partial charge in [-0.2, -0.15) is 0 Å². The molecule has 3 heteroatoms. The Hall–Kier alpha value is -1.35. The fourth-order valence-corrected chi connectivity index (χ4v) is 2.93. The maximum Gasteiger partial charge on any atom is 0.228 e. The minimum Gasteiger partial charge on any atom is -0.396 e. The molecular formula is C16H23NO2. The number of carbonyl (C=O) groups is 1. The van der Waals surface area contributed by atoms with Crippen LogP contribution in [0.3, 0.4) is 0 Å². The minimum atomic E-state index is 0.112. The number of rotatable bonds is 4. The van der Waals surface area contributed by atoms with Gasteiger partial charge in [-0.05, 0) is 42.4 Å². The Morgan fingerprint density at radius 3 is 2.58 bits per heavy atom. The summed E-state index contributed by atoms with van der Waals surface area (Å²) >= 11 is 0. The molecule has 0 radical (unpaired) electrons. The van der Waals surface area contributed by atoms with E-state index in [9.17, 15) is 4.79 Å². The average Bonchev–Trinajstić information content (AvgIpc) is 2.72. The van der Waals surface area contributed by atoms with E-state index in [4.69, 9.17) is 5.11 Å². The molecule has 1 aliphatic carbocycles. The van der Waals surface area contributed by atoms with E-state index in [-0.39, 0.29) is 23.8 Å². The third kappa shape index (κ3) is 3.35. The Morgan fingerprint density at radius 2 is 2.05 bits per heavy atom. The SMILES string of the molecule is CC1(C)CCCC1C(=O)Nc1ccc(CCO)cc1. The second kappa shape index (κ2) is 5.74. The lowest BCUT2D eigenvalue weighted by Gasteiger charge is -2.25. The highest BCUT2D eigenvalue weighted by atomic mass is 16.2. The topological polar surface area (TPSA) is 49.3 Å². The molecule has 0 heterocycles. The Kier molecular flexibility index (Phi) is 4.25. The van der Waals surface area contributed by atoms with Crippen molar-refractivity contribution in [1.82, 2.24) is 0 Å². The van der Waals surface area contributed by atoms with Crippen LogP contribution in [0.25, 0.3) is 0 Å². The summed E-state index contributed by atoms with van der Waals surface area (Å²) in [5.41, 5.74) is 2.04. The van der Waals surface area contributed by atoms with Gasteiger partial charge in [0.1, 0.15) is 0 Å². The molecule has 0 spiro atoms. The van der Waals surface area contributed by atoms with Gasteiger partial charge in [0.2, 0.25) is 5.91 Å². The van der Waals surface area contributed by atoms with Gasteiger partial charge in [-0.15, -0.1) is 0 Å². The van der Waals surface area contributed by atoms with Crippen LogP contribution in [0.15, 0.2) is 24.3 Å². The first-order chi connectivity index (χ1) is 9.03. The smallest absolute Gasteiger partial charge is 0.228 e. The van der Waals surface area contributed by atoms with Crippen LogP contribution in [-0.2, 0) is 11.2 Å². The third-order valence-electron chi connectivity index (χ3n) is 4.20. The number of benzene rings is 1. The number of amides is 1. The highest BCUT2D eigenvalue weighted by Gasteiger charge is 2.39. The van der Waals surface area contributed by atoms with E-state index >= 15 is 0 Å². The van der Waals surface area contributed by atoms with Crippen LogP contribution in [0, 0.1) is 11.3 Å². The van der Waals surface area contributed by atoms with E-state index in [2.05, 4.69) is 19.2 Å². The van der Waals surface area contributed by atoms with Crippen molar-refractivity contribution in [3.8, 4) is 0 Å². The Bertz CT molecular complexity index is 437. The van der Waals surface area contributed by atoms with Crippen molar-refractivity contribution in [1.29, 1.82) is 0 Å². The van der Waals surface area contributed by atoms with Gasteiger partial charge >= 0.3 is 0 Å². The molecule has 1 atom stereocenters. The van der Waals surface area contributed by atoms with Crippen LogP contribution in [0.2, 0.25) is 0 Å². The standard InChI is InChI=1S/C16H23NO2/c1-16(2)10-3-4-14(16)15(19)17-13-7-5-12(6-8-13)9-11-18/h5-8,14,18H,3-4,9-11H2,1-2H3,(H,17,19). The fourth-order valence-electron chi connectivity index (χ4n) is 2.93. The zero-order chi connectivity index (χ0) is 13.9. The zero-order valence-electron chi connectivity index (χ0n) is 11.8. The van der Waals surface area contributed by atoms with Gasteiger partial charge in [0.15, 0.2) is 0 Å². The average molecular weight is 261 g/mol. The van der Waals surface area contributed by atoms with E-state index < -0.39 is 0 Å². The second-order valence-corrected chi connectivity index (χ2v) is 6.09. The van der Waals surface area contributed by atoms with E-state index in [0.717, 1.165) is 30.5 Å². The summed E-state index contributed by atoms with van der Waals surface area (Å²) in [5, 5.41) is 11.9. The first-order valence-corrected chi connectivity index (χ1v) is 7.03. The number of carbonyl (C=O) groups excluding carboxylic acids is 1. The lowest BCUT2D eigenvalue weighted by Crippen LogP contribution is -2.30. The molecule has 19 heavy (non-hydrogen) atoms. The molecule has 0 saturated heterocycles. The van der Waals surface area contributed by atoms with Gasteiger partial charge in [0, 0.05) is 18.2 Å². The number of nitrogens with one attached hydrogen (secondary N) is 1. The molecule has 0 bridgehead atoms. The molecule has 0 aromatic heterocycles. The summed E-state index contributed by atoms with van der Waals surface area (Å²) < 4.78 is 0. The molecule has 3 nitrogen and oxygen atoms in total. The predicted molar refractivity (Wildman–Crippen MR) is 77.0 cm³/mol. The second-order valence-electron chi connectivity index (χ2n) is 6.09. The molecule has 1 aromatic rings. The zero-order valence-corrected chi connectivity index (χ0v) is 11.8. The summed E-state index contributed by atoms with van der Waals surface area (Å²) in [6, 6.07) is 7.72. The predicted octanol–water partition coefficient (Wildman–Crippen LogP) is 2.99. The molecule has 1 unspecified atom stereocenters. The van der Waals surface area contributed by atoms with Crippen molar-refractivity contribution in [2.75, 3.05) is 11.9 Å². The number of aliphatic hydroxyl groups is 1. The molecular weight excluding hydrogens is 238 g/mol. The molecule has 1 aliphatic rings. The monoisotopic (exact) mass is 261 g/mol. The lowest BCUT2D eigenvalue weighted by atomic mass is 9.81. The molecule has 2 N–H and O–H groups in total. The van der Waals surface area contributed by atoms with Crippen LogP contribution >= 0.6 is 0 Å². The summed E-state index contributed by atoms with van der Waals surface area (Å²) in [7, 11) is 0. The van der Waals surface area contributed by atoms with E-state index in [1.807, 2.05) is 24.3 Å². The largest absolute Gasteiger partial charge is 0.396 e. The number of anilines is 1. The summed E-state index contributed by atoms with van der Waals surface area (Å²) in [6.45, 7) is 4.51. The molecule has 2 rings (SSSR count). The lowest BCUT2D eigenvalue weighted by molar-refractivity contribution is -0.122. The quantitative estimate of drug-likeness (QED) is 0.875. The number of hydrogen-bond acceptors (Lipinski definition) is 2. The van der Waals surface area contributed by atoms with Crippen molar-refractivity contribution in [2.24, 2.45) is 11.3 Å². The Morgan fingerprint density at radius 1 is 1.37 bits per heavy atom. The molecule has 0 aliphatic heterocycles. The van der Waals surface area contributed by atoms with Crippen LogP contribution in [-0.4, -0.2) is 17.6 Å². The highest BCUT2D eigenvalue weighted by Crippen LogP contribution is 2.42. The maximum atomic E-state index is 12.3. The normalized spacial score (nSPS) is 21.3. The van der Waals surface area contributed by atoms with Crippen molar-refractivity contribution in [2.45, 2.75) is 39.5 Å². The van der Waals surface area contributed by atoms with E-state index in [0.29, 0.717) is 6.42 Å². The maximum absolute atomic E-state index is 12.3. The molecule has 1 fully saturated rings. The number of hydrogen-bond donors (Lipinski definition) is 2. The van der Waals surface area contributed by atoms with Gasteiger partial charge in [-0.1, -0.05) is 32.4 Å². The van der Waals surface area contributed by atoms with Gasteiger partial charge in [0.05, 0.1) is 0 Å². The number of aliphatic hydroxyl groups excluding tert-OH is 1. The molecule has 1 amide bonds. The summed E-state index contributed by atoms with van der Waals surface area (Å²) in [5.74, 6) is 0.252. The van der Waals surface area contributed by atoms with Crippen molar-refractivity contribution >= 4 is 11.6 Å². The van der Waals surface area contributed by atoms with Crippen molar-refractivity contribution in [3.05, 3.63) is 29.8 Å². The van der Waals surface area contributed by atoms with Crippen molar-refractivity contribution < 1.29 is 9.90 Å². The Balaban J connectivity index is 1.99. The third-order valence-corrected chi connectivity index (χ3v) is 4.20. The van der Waals surface area contributed by atoms with Crippen LogP contribution in [0.1, 0.15) is 38.7 Å². The van der Waals surface area contributed by atoms with Crippen LogP contribution in [0.4, 0.5) is 5.69 Å². The van der Waals surface area contributed by atoms with Gasteiger partial charge in [-0.3, -0.25) is 4.79 Å². The van der Waals surface area contributed by atoms with Crippen LogP contribution < -0.4 is 5.32 Å². The summed E-state index contributed by atoms with van der Waals surface area (Å²) in [6.07, 6.45) is 3.91.